The zero-order valence-corrected chi connectivity index (χ0v) is 14.3. The normalized spacial score (nSPS) is 37.5. The van der Waals surface area contributed by atoms with E-state index in [0.717, 1.165) is 12.8 Å². The van der Waals surface area contributed by atoms with Gasteiger partial charge in [0.1, 0.15) is 5.82 Å². The topological polar surface area (TPSA) is 37.4 Å². The van der Waals surface area contributed by atoms with Crippen molar-refractivity contribution >= 4 is 17.5 Å². The lowest BCUT2D eigenvalue weighted by molar-refractivity contribution is -0.135. The molecule has 1 aromatic rings. The van der Waals surface area contributed by atoms with Crippen molar-refractivity contribution in [1.82, 2.24) is 0 Å². The lowest BCUT2D eigenvalue weighted by atomic mass is 9.46. The smallest absolute Gasteiger partial charge is 0.238 e. The molecular weight excluding hydrogens is 305 g/mol. The summed E-state index contributed by atoms with van der Waals surface area (Å²) in [5.74, 6) is -0.956. The fourth-order valence-corrected chi connectivity index (χ4v) is 5.08. The molecule has 4 atom stereocenters. The van der Waals surface area contributed by atoms with Gasteiger partial charge in [-0.2, -0.15) is 0 Å². The third-order valence-electron chi connectivity index (χ3n) is 6.63. The Morgan fingerprint density at radius 3 is 2.21 bits per heavy atom. The SMILES string of the molecule is CC(C)[C@@]12C=C[C@@](C)(CC1)[C@@H]1C(=O)N(c3ccc(F)cc3)C(=O)[C@H]12. The van der Waals surface area contributed by atoms with Crippen LogP contribution in [-0.2, 0) is 9.59 Å². The van der Waals surface area contributed by atoms with E-state index in [9.17, 15) is 14.0 Å². The number of halogens is 1. The Balaban J connectivity index is 1.84. The summed E-state index contributed by atoms with van der Waals surface area (Å²) in [6, 6.07) is 5.62. The van der Waals surface area contributed by atoms with E-state index < -0.39 is 0 Å². The summed E-state index contributed by atoms with van der Waals surface area (Å²) in [7, 11) is 0. The Morgan fingerprint density at radius 2 is 1.67 bits per heavy atom. The van der Waals surface area contributed by atoms with Gasteiger partial charge in [0, 0.05) is 5.41 Å². The van der Waals surface area contributed by atoms with Gasteiger partial charge < -0.3 is 0 Å². The number of imide groups is 1. The molecule has 1 heterocycles. The van der Waals surface area contributed by atoms with Crippen LogP contribution in [0.3, 0.4) is 0 Å². The molecular formula is C20H22FNO2. The summed E-state index contributed by atoms with van der Waals surface area (Å²) in [6.07, 6.45) is 6.23. The summed E-state index contributed by atoms with van der Waals surface area (Å²) >= 11 is 0. The van der Waals surface area contributed by atoms with E-state index in [2.05, 4.69) is 32.9 Å². The van der Waals surface area contributed by atoms with Gasteiger partial charge in [0.25, 0.3) is 0 Å². The molecule has 2 bridgehead atoms. The molecule has 0 spiro atoms. The molecule has 0 aromatic heterocycles. The molecule has 2 amide bonds. The van der Waals surface area contributed by atoms with Gasteiger partial charge in [0.15, 0.2) is 0 Å². The minimum Gasteiger partial charge on any atom is -0.274 e. The first-order chi connectivity index (χ1) is 11.3. The summed E-state index contributed by atoms with van der Waals surface area (Å²) in [4.78, 5) is 27.7. The highest BCUT2D eigenvalue weighted by molar-refractivity contribution is 6.23. The first kappa shape index (κ1) is 15.6. The van der Waals surface area contributed by atoms with Crippen LogP contribution >= 0.6 is 0 Å². The predicted octanol–water partition coefficient (Wildman–Crippen LogP) is 3.94. The Kier molecular flexibility index (Phi) is 3.09. The van der Waals surface area contributed by atoms with Crippen molar-refractivity contribution in [3.63, 3.8) is 0 Å². The van der Waals surface area contributed by atoms with E-state index in [4.69, 9.17) is 0 Å². The third-order valence-corrected chi connectivity index (χ3v) is 6.63. The molecule has 2 fully saturated rings. The minimum absolute atomic E-state index is 0.124. The second kappa shape index (κ2) is 4.78. The molecule has 4 aliphatic rings. The molecule has 1 saturated carbocycles. The van der Waals surface area contributed by atoms with E-state index in [1.165, 1.54) is 29.2 Å². The highest BCUT2D eigenvalue weighted by Gasteiger charge is 2.67. The molecule has 1 aromatic carbocycles. The molecule has 0 N–H and O–H groups in total. The molecule has 24 heavy (non-hydrogen) atoms. The van der Waals surface area contributed by atoms with Gasteiger partial charge in [-0.3, -0.25) is 9.59 Å². The lowest BCUT2D eigenvalue weighted by Crippen LogP contribution is -2.53. The van der Waals surface area contributed by atoms with Crippen molar-refractivity contribution in [2.45, 2.75) is 33.6 Å². The van der Waals surface area contributed by atoms with E-state index in [1.807, 2.05) is 0 Å². The molecule has 1 saturated heterocycles. The predicted molar refractivity (Wildman–Crippen MR) is 89.6 cm³/mol. The molecule has 3 nitrogen and oxygen atoms in total. The van der Waals surface area contributed by atoms with Gasteiger partial charge in [0.2, 0.25) is 11.8 Å². The van der Waals surface area contributed by atoms with Gasteiger partial charge in [-0.25, -0.2) is 9.29 Å². The van der Waals surface area contributed by atoms with Crippen LogP contribution in [0.2, 0.25) is 0 Å². The number of fused-ring (bicyclic) bond motifs is 1. The summed E-state index contributed by atoms with van der Waals surface area (Å²) < 4.78 is 13.2. The van der Waals surface area contributed by atoms with E-state index in [0.29, 0.717) is 5.69 Å². The largest absolute Gasteiger partial charge is 0.274 e. The number of nitrogens with zero attached hydrogens (tertiary/aromatic N) is 1. The van der Waals surface area contributed by atoms with Crippen LogP contribution in [0.4, 0.5) is 10.1 Å². The summed E-state index contributed by atoms with van der Waals surface area (Å²) in [5.41, 5.74) is -0.0324. The van der Waals surface area contributed by atoms with Gasteiger partial charge >= 0.3 is 0 Å². The number of carbonyl (C=O) groups is 2. The Bertz CT molecular complexity index is 753. The van der Waals surface area contributed by atoms with Crippen molar-refractivity contribution in [2.24, 2.45) is 28.6 Å². The fraction of sp³-hybridized carbons (Fsp3) is 0.500. The van der Waals surface area contributed by atoms with Crippen molar-refractivity contribution in [3.8, 4) is 0 Å². The lowest BCUT2D eigenvalue weighted by Gasteiger charge is -2.55. The number of hydrogen-bond donors (Lipinski definition) is 0. The highest BCUT2D eigenvalue weighted by atomic mass is 19.1. The van der Waals surface area contributed by atoms with E-state index in [-0.39, 0.29) is 46.2 Å². The van der Waals surface area contributed by atoms with Crippen LogP contribution < -0.4 is 4.90 Å². The van der Waals surface area contributed by atoms with E-state index in [1.54, 1.807) is 0 Å². The highest BCUT2D eigenvalue weighted by Crippen LogP contribution is 2.64. The molecule has 126 valence electrons. The van der Waals surface area contributed by atoms with Gasteiger partial charge in [0.05, 0.1) is 17.5 Å². The number of rotatable bonds is 2. The standard InChI is InChI=1S/C20H22FNO2/c1-12(2)20-10-8-19(3,9-11-20)15-16(20)18(24)22(17(15)23)14-6-4-13(21)5-7-14/h4-8,10,12,15-16H,9,11H2,1-3H3/t15-,16-,19-,20+/m0/s1. The number of anilines is 1. The minimum atomic E-state index is -0.373. The molecule has 1 aliphatic heterocycles. The maximum atomic E-state index is 13.3. The second-order valence-corrected chi connectivity index (χ2v) is 8.05. The summed E-state index contributed by atoms with van der Waals surface area (Å²) in [6.45, 7) is 6.35. The number of allylic oxidation sites excluding steroid dienone is 2. The molecule has 0 radical (unpaired) electrons. The van der Waals surface area contributed by atoms with Gasteiger partial charge in [-0.1, -0.05) is 32.9 Å². The van der Waals surface area contributed by atoms with Crippen LogP contribution in [0.5, 0.6) is 0 Å². The van der Waals surface area contributed by atoms with Gasteiger partial charge in [-0.15, -0.1) is 0 Å². The van der Waals surface area contributed by atoms with Crippen LogP contribution in [0.1, 0.15) is 33.6 Å². The monoisotopic (exact) mass is 327 g/mol. The maximum absolute atomic E-state index is 13.3. The quantitative estimate of drug-likeness (QED) is 0.609. The van der Waals surface area contributed by atoms with Crippen LogP contribution in [-0.4, -0.2) is 11.8 Å². The molecule has 5 rings (SSSR count). The number of amides is 2. The molecule has 4 heteroatoms. The van der Waals surface area contributed by atoms with Crippen LogP contribution in [0.15, 0.2) is 36.4 Å². The number of carbonyl (C=O) groups excluding carboxylic acids is 2. The summed E-state index contributed by atoms with van der Waals surface area (Å²) in [5, 5.41) is 0. The Morgan fingerprint density at radius 1 is 1.04 bits per heavy atom. The number of benzene rings is 1. The average molecular weight is 327 g/mol. The zero-order valence-electron chi connectivity index (χ0n) is 14.3. The van der Waals surface area contributed by atoms with Crippen molar-refractivity contribution < 1.29 is 14.0 Å². The molecule has 3 aliphatic carbocycles. The first-order valence-electron chi connectivity index (χ1n) is 8.64. The third kappa shape index (κ3) is 1.77. The Hall–Kier alpha value is -1.97. The van der Waals surface area contributed by atoms with Crippen molar-refractivity contribution in [1.29, 1.82) is 0 Å². The average Bonchev–Trinajstić information content (AvgIpc) is 2.83. The van der Waals surface area contributed by atoms with Crippen molar-refractivity contribution in [3.05, 3.63) is 42.2 Å². The van der Waals surface area contributed by atoms with Crippen molar-refractivity contribution in [2.75, 3.05) is 4.90 Å². The van der Waals surface area contributed by atoms with Crippen LogP contribution in [0, 0.1) is 34.4 Å². The Labute approximate surface area is 141 Å². The number of hydrogen-bond acceptors (Lipinski definition) is 2. The fourth-order valence-electron chi connectivity index (χ4n) is 5.08. The van der Waals surface area contributed by atoms with Crippen LogP contribution in [0.25, 0.3) is 0 Å². The second-order valence-electron chi connectivity index (χ2n) is 8.05. The maximum Gasteiger partial charge on any atom is 0.238 e. The first-order valence-corrected chi connectivity index (χ1v) is 8.64. The molecule has 0 unspecified atom stereocenters. The zero-order chi connectivity index (χ0) is 17.3. The van der Waals surface area contributed by atoms with Gasteiger partial charge in [-0.05, 0) is 48.4 Å². The van der Waals surface area contributed by atoms with E-state index >= 15 is 0 Å².